The van der Waals surface area contributed by atoms with Crippen molar-refractivity contribution in [1.82, 2.24) is 0 Å². The first-order valence-corrected chi connectivity index (χ1v) is 7.85. The van der Waals surface area contributed by atoms with Gasteiger partial charge in [0.25, 0.3) is 0 Å². The molecule has 0 fully saturated rings. The molecule has 3 rings (SSSR count). The Labute approximate surface area is 127 Å². The minimum absolute atomic E-state index is 0.313. The van der Waals surface area contributed by atoms with E-state index in [2.05, 4.69) is 67.7 Å². The zero-order chi connectivity index (χ0) is 14.7. The van der Waals surface area contributed by atoms with E-state index < -0.39 is 0 Å². The zero-order valence-electron chi connectivity index (χ0n) is 12.8. The van der Waals surface area contributed by atoms with Crippen LogP contribution < -0.4 is 10.1 Å². The van der Waals surface area contributed by atoms with Crippen molar-refractivity contribution in [3.05, 3.63) is 59.7 Å². The Morgan fingerprint density at radius 2 is 1.86 bits per heavy atom. The van der Waals surface area contributed by atoms with E-state index in [1.165, 1.54) is 16.8 Å². The molecule has 0 saturated heterocycles. The second-order valence-electron chi connectivity index (χ2n) is 5.85. The predicted octanol–water partition coefficient (Wildman–Crippen LogP) is 4.82. The Kier molecular flexibility index (Phi) is 4.14. The van der Waals surface area contributed by atoms with Gasteiger partial charge in [0.15, 0.2) is 0 Å². The molecule has 2 heteroatoms. The summed E-state index contributed by atoms with van der Waals surface area (Å²) in [5.74, 6) is 1.56. The minimum Gasteiger partial charge on any atom is -0.493 e. The van der Waals surface area contributed by atoms with Gasteiger partial charge >= 0.3 is 0 Å². The number of anilines is 1. The Balaban J connectivity index is 1.90. The number of benzene rings is 2. The molecule has 1 N–H and O–H groups in total. The lowest BCUT2D eigenvalue weighted by Gasteiger charge is -2.34. The molecule has 2 aromatic rings. The van der Waals surface area contributed by atoms with Gasteiger partial charge in [0.2, 0.25) is 0 Å². The lowest BCUT2D eigenvalue weighted by molar-refractivity contribution is 0.309. The number of hydrogen-bond acceptors (Lipinski definition) is 2. The fourth-order valence-electron chi connectivity index (χ4n) is 3.08. The number of ether oxygens (including phenoxy) is 1. The Bertz CT molecular complexity index is 608. The molecule has 1 heterocycles. The van der Waals surface area contributed by atoms with E-state index in [-0.39, 0.29) is 0 Å². The lowest BCUT2D eigenvalue weighted by Crippen LogP contribution is -2.26. The summed E-state index contributed by atoms with van der Waals surface area (Å²) in [7, 11) is 0. The van der Waals surface area contributed by atoms with Crippen LogP contribution in [0.25, 0.3) is 0 Å². The normalized spacial score (nSPS) is 20.5. The number of rotatable bonds is 4. The number of nitrogens with one attached hydrogen (secondary N) is 1. The highest BCUT2D eigenvalue weighted by molar-refractivity contribution is 5.56. The molecular weight excluding hydrogens is 258 g/mol. The average Bonchev–Trinajstić information content (AvgIpc) is 2.52. The topological polar surface area (TPSA) is 21.3 Å². The maximum Gasteiger partial charge on any atom is 0.124 e. The van der Waals surface area contributed by atoms with Crippen LogP contribution in [0, 0.1) is 5.92 Å². The molecule has 0 radical (unpaired) electrons. The molecule has 2 aromatic carbocycles. The van der Waals surface area contributed by atoms with Crippen molar-refractivity contribution in [1.29, 1.82) is 0 Å². The highest BCUT2D eigenvalue weighted by Gasteiger charge is 2.27. The van der Waals surface area contributed by atoms with Crippen LogP contribution in [0.15, 0.2) is 48.5 Å². The second-order valence-corrected chi connectivity index (χ2v) is 5.85. The predicted molar refractivity (Wildman–Crippen MR) is 87.9 cm³/mol. The van der Waals surface area contributed by atoms with E-state index in [1.807, 2.05) is 0 Å². The van der Waals surface area contributed by atoms with Crippen LogP contribution in [0.1, 0.15) is 37.4 Å². The van der Waals surface area contributed by atoms with E-state index >= 15 is 0 Å². The van der Waals surface area contributed by atoms with Crippen molar-refractivity contribution in [3.8, 4) is 5.75 Å². The summed E-state index contributed by atoms with van der Waals surface area (Å²) in [6, 6.07) is 17.3. The van der Waals surface area contributed by atoms with E-state index in [4.69, 9.17) is 4.74 Å². The smallest absolute Gasteiger partial charge is 0.124 e. The van der Waals surface area contributed by atoms with Gasteiger partial charge in [-0.15, -0.1) is 0 Å². The molecule has 2 nitrogen and oxygen atoms in total. The van der Waals surface area contributed by atoms with Crippen LogP contribution in [0.3, 0.4) is 0 Å². The summed E-state index contributed by atoms with van der Waals surface area (Å²) in [6.45, 7) is 5.22. The third-order valence-corrected chi connectivity index (χ3v) is 4.16. The van der Waals surface area contributed by atoms with Gasteiger partial charge in [0.1, 0.15) is 5.75 Å². The van der Waals surface area contributed by atoms with Gasteiger partial charge in [0.05, 0.1) is 12.6 Å². The van der Waals surface area contributed by atoms with Gasteiger partial charge in [-0.2, -0.15) is 0 Å². The third kappa shape index (κ3) is 2.90. The van der Waals surface area contributed by atoms with E-state index in [9.17, 15) is 0 Å². The Morgan fingerprint density at radius 3 is 2.71 bits per heavy atom. The SMILES string of the molecule is CCCOc1ccccc1C1Nc2ccccc2CC1C. The van der Waals surface area contributed by atoms with Gasteiger partial charge in [-0.25, -0.2) is 0 Å². The highest BCUT2D eigenvalue weighted by atomic mass is 16.5. The molecule has 1 aliphatic rings. The molecule has 2 atom stereocenters. The largest absolute Gasteiger partial charge is 0.493 e. The molecule has 2 unspecified atom stereocenters. The molecule has 110 valence electrons. The summed E-state index contributed by atoms with van der Waals surface area (Å²) in [5.41, 5.74) is 3.94. The maximum absolute atomic E-state index is 5.94. The summed E-state index contributed by atoms with van der Waals surface area (Å²) in [5, 5.41) is 3.70. The number of hydrogen-bond donors (Lipinski definition) is 1. The zero-order valence-corrected chi connectivity index (χ0v) is 12.8. The molecule has 1 aliphatic heterocycles. The van der Waals surface area contributed by atoms with E-state index in [1.54, 1.807) is 0 Å². The van der Waals surface area contributed by atoms with Gasteiger partial charge < -0.3 is 10.1 Å². The summed E-state index contributed by atoms with van der Waals surface area (Å²) < 4.78 is 5.94. The Hall–Kier alpha value is -1.96. The van der Waals surface area contributed by atoms with Crippen molar-refractivity contribution >= 4 is 5.69 Å². The lowest BCUT2D eigenvalue weighted by atomic mass is 9.84. The van der Waals surface area contributed by atoms with Gasteiger partial charge in [-0.05, 0) is 36.5 Å². The fraction of sp³-hybridized carbons (Fsp3) is 0.368. The van der Waals surface area contributed by atoms with Crippen molar-refractivity contribution in [2.45, 2.75) is 32.7 Å². The number of fused-ring (bicyclic) bond motifs is 1. The molecule has 0 amide bonds. The van der Waals surface area contributed by atoms with Crippen LogP contribution >= 0.6 is 0 Å². The van der Waals surface area contributed by atoms with Gasteiger partial charge in [-0.1, -0.05) is 50.2 Å². The number of para-hydroxylation sites is 2. The average molecular weight is 281 g/mol. The summed E-state index contributed by atoms with van der Waals surface area (Å²) in [6.07, 6.45) is 2.14. The summed E-state index contributed by atoms with van der Waals surface area (Å²) >= 11 is 0. The maximum atomic E-state index is 5.94. The molecule has 21 heavy (non-hydrogen) atoms. The molecule has 0 aromatic heterocycles. The van der Waals surface area contributed by atoms with E-state index in [0.717, 1.165) is 25.2 Å². The van der Waals surface area contributed by atoms with Crippen LogP contribution in [0.2, 0.25) is 0 Å². The van der Waals surface area contributed by atoms with E-state index in [0.29, 0.717) is 12.0 Å². The monoisotopic (exact) mass is 281 g/mol. The first-order valence-electron chi connectivity index (χ1n) is 7.85. The molecule has 0 spiro atoms. The quantitative estimate of drug-likeness (QED) is 0.867. The molecule has 0 bridgehead atoms. The van der Waals surface area contributed by atoms with Crippen LogP contribution in [-0.2, 0) is 6.42 Å². The first kappa shape index (κ1) is 14.0. The van der Waals surface area contributed by atoms with Crippen molar-refractivity contribution in [2.24, 2.45) is 5.92 Å². The van der Waals surface area contributed by atoms with Crippen molar-refractivity contribution in [3.63, 3.8) is 0 Å². The second kappa shape index (κ2) is 6.21. The van der Waals surface area contributed by atoms with Gasteiger partial charge in [-0.3, -0.25) is 0 Å². The highest BCUT2D eigenvalue weighted by Crippen LogP contribution is 2.39. The third-order valence-electron chi connectivity index (χ3n) is 4.16. The van der Waals surface area contributed by atoms with Crippen LogP contribution in [-0.4, -0.2) is 6.61 Å². The fourth-order valence-corrected chi connectivity index (χ4v) is 3.08. The molecular formula is C19H23NO. The molecule has 0 aliphatic carbocycles. The summed E-state index contributed by atoms with van der Waals surface area (Å²) in [4.78, 5) is 0. The Morgan fingerprint density at radius 1 is 1.10 bits per heavy atom. The van der Waals surface area contributed by atoms with Crippen molar-refractivity contribution in [2.75, 3.05) is 11.9 Å². The van der Waals surface area contributed by atoms with Crippen LogP contribution in [0.4, 0.5) is 5.69 Å². The van der Waals surface area contributed by atoms with Crippen LogP contribution in [0.5, 0.6) is 5.75 Å². The van der Waals surface area contributed by atoms with Gasteiger partial charge in [0, 0.05) is 11.3 Å². The minimum atomic E-state index is 0.313. The van der Waals surface area contributed by atoms with Crippen molar-refractivity contribution < 1.29 is 4.74 Å². The molecule has 0 saturated carbocycles. The standard InChI is InChI=1S/C19H23NO/c1-3-12-21-18-11-7-5-9-16(18)19-14(2)13-15-8-4-6-10-17(15)20-19/h4-11,14,19-20H,3,12-13H2,1-2H3. The first-order chi connectivity index (χ1) is 10.3.